The van der Waals surface area contributed by atoms with Gasteiger partial charge in [0.15, 0.2) is 0 Å². The lowest BCUT2D eigenvalue weighted by Gasteiger charge is -2.37. The van der Waals surface area contributed by atoms with E-state index in [4.69, 9.17) is 0 Å². The minimum Gasteiger partial charge on any atom is -0.356 e. The molecule has 0 atom stereocenters. The molecular formula is C14H20BrN3O2. The summed E-state index contributed by atoms with van der Waals surface area (Å²) < 4.78 is 0.863. The SMILES string of the molecule is CC(C)(C)C(=O)N1CCN(C(=O)c2cc(Br)c[nH]2)CC1. The molecule has 1 aliphatic heterocycles. The highest BCUT2D eigenvalue weighted by Gasteiger charge is 2.31. The van der Waals surface area contributed by atoms with Crippen molar-refractivity contribution in [3.63, 3.8) is 0 Å². The van der Waals surface area contributed by atoms with Crippen LogP contribution in [0.3, 0.4) is 0 Å². The number of aromatic nitrogens is 1. The first-order chi connectivity index (χ1) is 9.29. The van der Waals surface area contributed by atoms with E-state index in [9.17, 15) is 9.59 Å². The van der Waals surface area contributed by atoms with Gasteiger partial charge < -0.3 is 14.8 Å². The predicted molar refractivity (Wildman–Crippen MR) is 80.4 cm³/mol. The fourth-order valence-electron chi connectivity index (χ4n) is 2.25. The third-order valence-electron chi connectivity index (χ3n) is 3.37. The molecule has 1 fully saturated rings. The number of nitrogens with zero attached hydrogens (tertiary/aromatic N) is 2. The Hall–Kier alpha value is -1.30. The number of hydrogen-bond acceptors (Lipinski definition) is 2. The van der Waals surface area contributed by atoms with Gasteiger partial charge in [0.1, 0.15) is 5.69 Å². The average Bonchev–Trinajstić information content (AvgIpc) is 2.83. The van der Waals surface area contributed by atoms with Crippen molar-refractivity contribution in [3.05, 3.63) is 22.4 Å². The maximum absolute atomic E-state index is 12.3. The first kappa shape index (κ1) is 15.1. The largest absolute Gasteiger partial charge is 0.356 e. The second-order valence-electron chi connectivity index (χ2n) is 6.07. The van der Waals surface area contributed by atoms with E-state index in [0.29, 0.717) is 31.9 Å². The standard InChI is InChI=1S/C14H20BrN3O2/c1-14(2,3)13(20)18-6-4-17(5-7-18)12(19)11-8-10(15)9-16-11/h8-9,16H,4-7H2,1-3H3. The molecule has 110 valence electrons. The van der Waals surface area contributed by atoms with Gasteiger partial charge in [-0.3, -0.25) is 9.59 Å². The molecule has 1 aromatic heterocycles. The molecule has 2 rings (SSSR count). The Kier molecular flexibility index (Phi) is 4.22. The summed E-state index contributed by atoms with van der Waals surface area (Å²) in [5, 5.41) is 0. The molecule has 1 N–H and O–H groups in total. The summed E-state index contributed by atoms with van der Waals surface area (Å²) in [7, 11) is 0. The van der Waals surface area contributed by atoms with Crippen LogP contribution >= 0.6 is 15.9 Å². The molecule has 0 aromatic carbocycles. The summed E-state index contributed by atoms with van der Waals surface area (Å²) in [6.45, 7) is 8.12. The van der Waals surface area contributed by atoms with E-state index >= 15 is 0 Å². The summed E-state index contributed by atoms with van der Waals surface area (Å²) >= 11 is 3.32. The monoisotopic (exact) mass is 341 g/mol. The van der Waals surface area contributed by atoms with Crippen molar-refractivity contribution in [2.75, 3.05) is 26.2 Å². The summed E-state index contributed by atoms with van der Waals surface area (Å²) in [6.07, 6.45) is 1.74. The van der Waals surface area contributed by atoms with Crippen LogP contribution < -0.4 is 0 Å². The van der Waals surface area contributed by atoms with Crippen molar-refractivity contribution in [2.45, 2.75) is 20.8 Å². The zero-order valence-electron chi connectivity index (χ0n) is 12.1. The Morgan fingerprint density at radius 3 is 2.15 bits per heavy atom. The van der Waals surface area contributed by atoms with Crippen LogP contribution in [0, 0.1) is 5.41 Å². The Labute approximate surface area is 127 Å². The van der Waals surface area contributed by atoms with Crippen LogP contribution in [0.5, 0.6) is 0 Å². The number of H-pyrrole nitrogens is 1. The van der Waals surface area contributed by atoms with Gasteiger partial charge in [-0.1, -0.05) is 20.8 Å². The number of carbonyl (C=O) groups is 2. The highest BCUT2D eigenvalue weighted by Crippen LogP contribution is 2.19. The van der Waals surface area contributed by atoms with E-state index in [1.54, 1.807) is 17.2 Å². The minimum absolute atomic E-state index is 0.0152. The molecule has 1 aliphatic rings. The van der Waals surface area contributed by atoms with Gasteiger partial charge in [0.25, 0.3) is 5.91 Å². The van der Waals surface area contributed by atoms with Crippen molar-refractivity contribution in [1.29, 1.82) is 0 Å². The first-order valence-electron chi connectivity index (χ1n) is 6.71. The summed E-state index contributed by atoms with van der Waals surface area (Å²) in [5.41, 5.74) is 0.212. The van der Waals surface area contributed by atoms with E-state index in [1.807, 2.05) is 25.7 Å². The number of amides is 2. The lowest BCUT2D eigenvalue weighted by molar-refractivity contribution is -0.140. The van der Waals surface area contributed by atoms with E-state index < -0.39 is 0 Å². The van der Waals surface area contributed by atoms with Gasteiger partial charge in [0.2, 0.25) is 5.91 Å². The zero-order chi connectivity index (χ0) is 14.9. The Morgan fingerprint density at radius 2 is 1.70 bits per heavy atom. The number of aromatic amines is 1. The second-order valence-corrected chi connectivity index (χ2v) is 6.98. The molecule has 1 aromatic rings. The third kappa shape index (κ3) is 3.23. The van der Waals surface area contributed by atoms with E-state index in [1.165, 1.54) is 0 Å². The molecule has 6 heteroatoms. The number of piperazine rings is 1. The zero-order valence-corrected chi connectivity index (χ0v) is 13.7. The molecule has 5 nitrogen and oxygen atoms in total. The molecule has 0 spiro atoms. The molecule has 0 saturated carbocycles. The fraction of sp³-hybridized carbons (Fsp3) is 0.571. The Bertz CT molecular complexity index is 511. The Morgan fingerprint density at radius 1 is 1.15 bits per heavy atom. The third-order valence-corrected chi connectivity index (χ3v) is 3.83. The van der Waals surface area contributed by atoms with E-state index in [2.05, 4.69) is 20.9 Å². The van der Waals surface area contributed by atoms with Crippen molar-refractivity contribution >= 4 is 27.7 Å². The number of rotatable bonds is 1. The number of carbonyl (C=O) groups excluding carboxylic acids is 2. The van der Waals surface area contributed by atoms with Crippen LogP contribution in [0.2, 0.25) is 0 Å². The summed E-state index contributed by atoms with van der Waals surface area (Å²) in [4.78, 5) is 31.0. The van der Waals surface area contributed by atoms with Gasteiger partial charge in [-0.05, 0) is 22.0 Å². The molecule has 20 heavy (non-hydrogen) atoms. The van der Waals surface area contributed by atoms with Crippen molar-refractivity contribution in [1.82, 2.24) is 14.8 Å². The summed E-state index contributed by atoms with van der Waals surface area (Å²) in [5.74, 6) is 0.130. The van der Waals surface area contributed by atoms with E-state index in [0.717, 1.165) is 4.47 Å². The number of halogens is 1. The number of nitrogens with one attached hydrogen (secondary N) is 1. The maximum Gasteiger partial charge on any atom is 0.270 e. The van der Waals surface area contributed by atoms with Crippen LogP contribution in [-0.4, -0.2) is 52.8 Å². The highest BCUT2D eigenvalue weighted by atomic mass is 79.9. The van der Waals surface area contributed by atoms with E-state index in [-0.39, 0.29) is 17.2 Å². The molecule has 0 radical (unpaired) electrons. The van der Waals surface area contributed by atoms with Gasteiger partial charge in [-0.15, -0.1) is 0 Å². The van der Waals surface area contributed by atoms with Crippen molar-refractivity contribution < 1.29 is 9.59 Å². The molecular weight excluding hydrogens is 322 g/mol. The number of hydrogen-bond donors (Lipinski definition) is 1. The van der Waals surface area contributed by atoms with Gasteiger partial charge >= 0.3 is 0 Å². The van der Waals surface area contributed by atoms with Gasteiger partial charge in [-0.25, -0.2) is 0 Å². The van der Waals surface area contributed by atoms with Crippen molar-refractivity contribution in [3.8, 4) is 0 Å². The van der Waals surface area contributed by atoms with Gasteiger partial charge in [-0.2, -0.15) is 0 Å². The van der Waals surface area contributed by atoms with Crippen LogP contribution in [0.4, 0.5) is 0 Å². The molecule has 0 unspecified atom stereocenters. The van der Waals surface area contributed by atoms with Crippen LogP contribution in [0.15, 0.2) is 16.7 Å². The molecule has 1 saturated heterocycles. The van der Waals surface area contributed by atoms with Crippen LogP contribution in [-0.2, 0) is 4.79 Å². The second kappa shape index (κ2) is 5.60. The topological polar surface area (TPSA) is 56.4 Å². The minimum atomic E-state index is -0.365. The van der Waals surface area contributed by atoms with Crippen molar-refractivity contribution in [2.24, 2.45) is 5.41 Å². The highest BCUT2D eigenvalue weighted by molar-refractivity contribution is 9.10. The normalized spacial score (nSPS) is 16.4. The van der Waals surface area contributed by atoms with Gasteiger partial charge in [0.05, 0.1) is 0 Å². The van der Waals surface area contributed by atoms with Gasteiger partial charge in [0, 0.05) is 42.3 Å². The molecule has 0 bridgehead atoms. The first-order valence-corrected chi connectivity index (χ1v) is 7.51. The average molecular weight is 342 g/mol. The Balaban J connectivity index is 1.95. The lowest BCUT2D eigenvalue weighted by Crippen LogP contribution is -2.53. The smallest absolute Gasteiger partial charge is 0.270 e. The summed E-state index contributed by atoms with van der Waals surface area (Å²) in [6, 6.07) is 1.77. The quantitative estimate of drug-likeness (QED) is 0.850. The maximum atomic E-state index is 12.3. The lowest BCUT2D eigenvalue weighted by atomic mass is 9.94. The molecule has 2 amide bonds. The van der Waals surface area contributed by atoms with Crippen LogP contribution in [0.25, 0.3) is 0 Å². The fourth-order valence-corrected chi connectivity index (χ4v) is 2.59. The van der Waals surface area contributed by atoms with Crippen LogP contribution in [0.1, 0.15) is 31.3 Å². The predicted octanol–water partition coefficient (Wildman–Crippen LogP) is 2.11. The molecule has 2 heterocycles. The molecule has 0 aliphatic carbocycles.